The van der Waals surface area contributed by atoms with Gasteiger partial charge in [-0.05, 0) is 81.6 Å². The van der Waals surface area contributed by atoms with Gasteiger partial charge < -0.3 is 8.83 Å². The van der Waals surface area contributed by atoms with Gasteiger partial charge in [0.2, 0.25) is 0 Å². The summed E-state index contributed by atoms with van der Waals surface area (Å²) in [6.45, 7) is 4.00. The second-order valence-corrected chi connectivity index (χ2v) is 9.40. The molecule has 2 heterocycles. The van der Waals surface area contributed by atoms with Crippen molar-refractivity contribution in [3.05, 3.63) is 121 Å². The molecule has 0 atom stereocenters. The van der Waals surface area contributed by atoms with Crippen LogP contribution in [0.15, 0.2) is 130 Å². The average molecular weight is 491 g/mol. The van der Waals surface area contributed by atoms with Crippen LogP contribution in [-0.4, -0.2) is 0 Å². The van der Waals surface area contributed by atoms with Crippen LogP contribution in [0.1, 0.15) is 13.8 Å². The third kappa shape index (κ3) is 3.57. The predicted octanol–water partition coefficient (Wildman–Crippen LogP) is 11.0. The molecule has 0 radical (unpaired) electrons. The Bertz CT molecular complexity index is 1920. The zero-order valence-electron chi connectivity index (χ0n) is 21.4. The van der Waals surface area contributed by atoms with Gasteiger partial charge in [-0.1, -0.05) is 86.6 Å². The maximum Gasteiger partial charge on any atom is 0.136 e. The van der Waals surface area contributed by atoms with Gasteiger partial charge in [-0.15, -0.1) is 0 Å². The summed E-state index contributed by atoms with van der Waals surface area (Å²) in [5.74, 6) is 0. The highest BCUT2D eigenvalue weighted by Crippen LogP contribution is 2.38. The Morgan fingerprint density at radius 1 is 0.342 bits per heavy atom. The summed E-state index contributed by atoms with van der Waals surface area (Å²) in [5.41, 5.74) is 8.31. The van der Waals surface area contributed by atoms with Crippen LogP contribution in [0.5, 0.6) is 0 Å². The first kappa shape index (κ1) is 22.4. The van der Waals surface area contributed by atoms with E-state index >= 15 is 0 Å². The lowest BCUT2D eigenvalue weighted by atomic mass is 10.0. The Hall–Kier alpha value is -4.82. The first-order valence-corrected chi connectivity index (χ1v) is 13.2. The monoisotopic (exact) mass is 490 g/mol. The molecule has 38 heavy (non-hydrogen) atoms. The minimum atomic E-state index is 0.904. The van der Waals surface area contributed by atoms with Crippen LogP contribution in [0, 0.1) is 0 Å². The predicted molar refractivity (Wildman–Crippen MR) is 161 cm³/mol. The molecule has 6 aromatic carbocycles. The summed E-state index contributed by atoms with van der Waals surface area (Å²) < 4.78 is 12.7. The van der Waals surface area contributed by atoms with Gasteiger partial charge in [0.15, 0.2) is 0 Å². The summed E-state index contributed by atoms with van der Waals surface area (Å²) in [6, 6.07) is 42.5. The van der Waals surface area contributed by atoms with Crippen molar-refractivity contribution in [2.45, 2.75) is 13.8 Å². The molecule has 0 aliphatic heterocycles. The Morgan fingerprint density at radius 3 is 1.16 bits per heavy atom. The molecule has 0 saturated carbocycles. The molecule has 0 aliphatic carbocycles. The smallest absolute Gasteiger partial charge is 0.136 e. The van der Waals surface area contributed by atoms with Gasteiger partial charge in [0.25, 0.3) is 0 Å². The van der Waals surface area contributed by atoms with Crippen LogP contribution < -0.4 is 0 Å². The first-order chi connectivity index (χ1) is 18.8. The van der Waals surface area contributed by atoms with Crippen LogP contribution in [0.4, 0.5) is 0 Å². The highest BCUT2D eigenvalue weighted by Gasteiger charge is 2.13. The van der Waals surface area contributed by atoms with Gasteiger partial charge >= 0.3 is 0 Å². The normalized spacial score (nSPS) is 11.4. The zero-order chi connectivity index (χ0) is 25.6. The topological polar surface area (TPSA) is 26.3 Å². The number of benzene rings is 6. The number of rotatable bonds is 2. The molecule has 0 unspecified atom stereocenters. The van der Waals surface area contributed by atoms with Gasteiger partial charge in [-0.2, -0.15) is 0 Å². The molecule has 0 amide bonds. The van der Waals surface area contributed by atoms with Gasteiger partial charge in [0.05, 0.1) is 0 Å². The fourth-order valence-corrected chi connectivity index (χ4v) is 5.41. The minimum absolute atomic E-state index is 0.904. The van der Waals surface area contributed by atoms with E-state index in [0.29, 0.717) is 0 Å². The Balaban J connectivity index is 0.00000118. The molecule has 0 aliphatic rings. The minimum Gasteiger partial charge on any atom is -0.456 e. The van der Waals surface area contributed by atoms with E-state index in [1.165, 1.54) is 11.1 Å². The van der Waals surface area contributed by atoms with Crippen LogP contribution in [-0.2, 0) is 0 Å². The van der Waals surface area contributed by atoms with E-state index < -0.39 is 0 Å². The van der Waals surface area contributed by atoms with Crippen LogP contribution in [0.3, 0.4) is 0 Å². The number of fused-ring (bicyclic) bond motifs is 7. The van der Waals surface area contributed by atoms with E-state index in [4.69, 9.17) is 8.83 Å². The van der Waals surface area contributed by atoms with Gasteiger partial charge in [-0.3, -0.25) is 0 Å². The number of hydrogen-bond acceptors (Lipinski definition) is 2. The lowest BCUT2D eigenvalue weighted by Gasteiger charge is -2.01. The molecule has 0 bridgehead atoms. The van der Waals surface area contributed by atoms with Crippen molar-refractivity contribution in [2.75, 3.05) is 0 Å². The van der Waals surface area contributed by atoms with Crippen molar-refractivity contribution in [1.82, 2.24) is 0 Å². The maximum atomic E-state index is 6.35. The second-order valence-electron chi connectivity index (χ2n) is 9.40. The molecule has 0 N–H and O–H groups in total. The molecule has 0 spiro atoms. The number of hydrogen-bond donors (Lipinski definition) is 0. The van der Waals surface area contributed by atoms with E-state index in [1.807, 2.05) is 26.0 Å². The first-order valence-electron chi connectivity index (χ1n) is 13.2. The van der Waals surface area contributed by atoms with Crippen molar-refractivity contribution in [3.63, 3.8) is 0 Å². The SMILES string of the molecule is CC.c1ccc(-c2ccc3c(c2)oc2cc4cc5c(cc4cc23)oc2cc(-c3ccccc3)ccc25)cc1. The summed E-state index contributed by atoms with van der Waals surface area (Å²) in [6.07, 6.45) is 0. The van der Waals surface area contributed by atoms with Crippen LogP contribution in [0.2, 0.25) is 0 Å². The molecule has 8 aromatic rings. The Labute approximate surface area is 220 Å². The molecule has 0 fully saturated rings. The quantitative estimate of drug-likeness (QED) is 0.241. The second kappa shape index (κ2) is 8.93. The lowest BCUT2D eigenvalue weighted by Crippen LogP contribution is -1.77. The van der Waals surface area contributed by atoms with E-state index in [0.717, 1.165) is 65.8 Å². The van der Waals surface area contributed by atoms with E-state index in [1.54, 1.807) is 0 Å². The molecule has 2 nitrogen and oxygen atoms in total. The third-order valence-corrected chi connectivity index (χ3v) is 7.23. The molecular weight excluding hydrogens is 464 g/mol. The maximum absolute atomic E-state index is 6.35. The average Bonchev–Trinajstić information content (AvgIpc) is 3.52. The van der Waals surface area contributed by atoms with Crippen LogP contribution >= 0.6 is 0 Å². The van der Waals surface area contributed by atoms with Crippen molar-refractivity contribution < 1.29 is 8.83 Å². The van der Waals surface area contributed by atoms with Gasteiger partial charge in [0.1, 0.15) is 22.3 Å². The lowest BCUT2D eigenvalue weighted by molar-refractivity contribution is 0.668. The standard InChI is InChI=1S/C34H20O2.C2H6/c1-3-7-21(8-4-1)23-11-13-27-29-15-25-20-34-30(16-26(25)19-33(29)35-31(27)17-23)28-14-12-24(18-32(28)36-34)22-9-5-2-6-10-22;1-2/h1-20H;1-2H3. The van der Waals surface area contributed by atoms with Crippen LogP contribution in [0.25, 0.3) is 76.9 Å². The molecule has 2 aromatic heterocycles. The highest BCUT2D eigenvalue weighted by molar-refractivity contribution is 6.15. The van der Waals surface area contributed by atoms with E-state index in [2.05, 4.69) is 109 Å². The fraction of sp³-hybridized carbons (Fsp3) is 0.0556. The largest absolute Gasteiger partial charge is 0.456 e. The highest BCUT2D eigenvalue weighted by atomic mass is 16.3. The zero-order valence-corrected chi connectivity index (χ0v) is 21.4. The van der Waals surface area contributed by atoms with Crippen molar-refractivity contribution in [1.29, 1.82) is 0 Å². The van der Waals surface area contributed by atoms with Crippen molar-refractivity contribution in [2.24, 2.45) is 0 Å². The van der Waals surface area contributed by atoms with Crippen molar-refractivity contribution >= 4 is 54.6 Å². The summed E-state index contributed by atoms with van der Waals surface area (Å²) in [5, 5.41) is 6.80. The van der Waals surface area contributed by atoms with E-state index in [9.17, 15) is 0 Å². The van der Waals surface area contributed by atoms with E-state index in [-0.39, 0.29) is 0 Å². The Morgan fingerprint density at radius 2 is 0.737 bits per heavy atom. The molecule has 182 valence electrons. The molecule has 8 rings (SSSR count). The van der Waals surface area contributed by atoms with Crippen molar-refractivity contribution in [3.8, 4) is 22.3 Å². The molecule has 2 heteroatoms. The third-order valence-electron chi connectivity index (χ3n) is 7.23. The van der Waals surface area contributed by atoms with Gasteiger partial charge in [0, 0.05) is 21.5 Å². The number of furan rings is 2. The summed E-state index contributed by atoms with van der Waals surface area (Å²) in [7, 11) is 0. The Kier molecular flexibility index (Phi) is 5.26. The fourth-order valence-electron chi connectivity index (χ4n) is 5.41. The summed E-state index contributed by atoms with van der Waals surface area (Å²) in [4.78, 5) is 0. The molecular formula is C36H26O2. The van der Waals surface area contributed by atoms with Gasteiger partial charge in [-0.25, -0.2) is 0 Å². The molecule has 0 saturated heterocycles. The summed E-state index contributed by atoms with van der Waals surface area (Å²) >= 11 is 0.